The van der Waals surface area contributed by atoms with Crippen molar-refractivity contribution in [3.63, 3.8) is 0 Å². The van der Waals surface area contributed by atoms with E-state index < -0.39 is 22.0 Å². The molecule has 2 aromatic rings. The third kappa shape index (κ3) is 3.53. The minimum absolute atomic E-state index is 0.0385. The third-order valence-electron chi connectivity index (χ3n) is 3.00. The highest BCUT2D eigenvalue weighted by Crippen LogP contribution is 2.20. The molecule has 0 N–H and O–H groups in total. The SMILES string of the molecule is CCOC(=O)C(N=[N+]=[N-])n1cc(S(=O)(=O)c2ccc(C)cc2)nn1. The Hall–Kier alpha value is -2.91. The van der Waals surface area contributed by atoms with Crippen LogP contribution < -0.4 is 0 Å². The largest absolute Gasteiger partial charge is 0.464 e. The van der Waals surface area contributed by atoms with Crippen LogP contribution in [0.1, 0.15) is 18.7 Å². The summed E-state index contributed by atoms with van der Waals surface area (Å²) in [6.07, 6.45) is -0.449. The van der Waals surface area contributed by atoms with Gasteiger partial charge in [-0.2, -0.15) is 0 Å². The fourth-order valence-corrected chi connectivity index (χ4v) is 2.94. The van der Waals surface area contributed by atoms with Crippen molar-refractivity contribution in [2.75, 3.05) is 6.61 Å². The molecule has 0 aliphatic rings. The van der Waals surface area contributed by atoms with E-state index in [2.05, 4.69) is 20.3 Å². The first kappa shape index (κ1) is 17.4. The van der Waals surface area contributed by atoms with Gasteiger partial charge in [0.15, 0.2) is 0 Å². The number of sulfone groups is 1. The van der Waals surface area contributed by atoms with Crippen LogP contribution in [0.25, 0.3) is 10.4 Å². The lowest BCUT2D eigenvalue weighted by Gasteiger charge is -2.09. The van der Waals surface area contributed by atoms with Crippen molar-refractivity contribution in [1.29, 1.82) is 0 Å². The minimum Gasteiger partial charge on any atom is -0.464 e. The van der Waals surface area contributed by atoms with Crippen LogP contribution in [0.2, 0.25) is 0 Å². The van der Waals surface area contributed by atoms with Crippen LogP contribution in [0.5, 0.6) is 0 Å². The van der Waals surface area contributed by atoms with Gasteiger partial charge < -0.3 is 4.74 Å². The molecule has 0 bridgehead atoms. The number of azide groups is 1. The van der Waals surface area contributed by atoms with Crippen LogP contribution >= 0.6 is 0 Å². The molecule has 0 spiro atoms. The molecule has 1 heterocycles. The van der Waals surface area contributed by atoms with E-state index in [9.17, 15) is 13.2 Å². The van der Waals surface area contributed by atoms with Gasteiger partial charge in [0, 0.05) is 4.91 Å². The number of aromatic nitrogens is 3. The molecule has 1 aromatic heterocycles. The topological polar surface area (TPSA) is 140 Å². The first-order chi connectivity index (χ1) is 11.4. The average Bonchev–Trinajstić information content (AvgIpc) is 3.03. The van der Waals surface area contributed by atoms with Crippen LogP contribution in [0.15, 0.2) is 45.5 Å². The Bertz CT molecular complexity index is 883. The molecule has 24 heavy (non-hydrogen) atoms. The number of carbonyl (C=O) groups is 1. The Balaban J connectivity index is 2.39. The number of aryl methyl sites for hydroxylation is 1. The van der Waals surface area contributed by atoms with E-state index >= 15 is 0 Å². The summed E-state index contributed by atoms with van der Waals surface area (Å²) in [5.74, 6) is -0.862. The lowest BCUT2D eigenvalue weighted by Crippen LogP contribution is -2.20. The van der Waals surface area contributed by atoms with Gasteiger partial charge in [0.1, 0.15) is 0 Å². The van der Waals surface area contributed by atoms with E-state index in [0.29, 0.717) is 0 Å². The van der Waals surface area contributed by atoms with Crippen LogP contribution in [0.4, 0.5) is 0 Å². The second-order valence-electron chi connectivity index (χ2n) is 4.68. The van der Waals surface area contributed by atoms with Crippen molar-refractivity contribution >= 4 is 15.8 Å². The number of hydrogen-bond acceptors (Lipinski definition) is 7. The van der Waals surface area contributed by atoms with E-state index in [4.69, 9.17) is 10.3 Å². The normalized spacial score (nSPS) is 12.2. The Morgan fingerprint density at radius 1 is 1.42 bits per heavy atom. The van der Waals surface area contributed by atoms with Crippen LogP contribution in [-0.2, 0) is 19.4 Å². The summed E-state index contributed by atoms with van der Waals surface area (Å²) in [7, 11) is -3.90. The second-order valence-corrected chi connectivity index (χ2v) is 6.58. The smallest absolute Gasteiger partial charge is 0.337 e. The number of esters is 1. The molecule has 0 fully saturated rings. The highest BCUT2D eigenvalue weighted by Gasteiger charge is 2.26. The van der Waals surface area contributed by atoms with E-state index in [0.717, 1.165) is 16.4 Å². The third-order valence-corrected chi connectivity index (χ3v) is 4.64. The van der Waals surface area contributed by atoms with Gasteiger partial charge >= 0.3 is 5.97 Å². The average molecular weight is 350 g/mol. The molecule has 1 unspecified atom stereocenters. The van der Waals surface area contributed by atoms with E-state index in [1.807, 2.05) is 6.92 Å². The Kier molecular flexibility index (Phi) is 5.17. The molecule has 0 aliphatic heterocycles. The number of carbonyl (C=O) groups excluding carboxylic acids is 1. The molecular formula is C13H14N6O4S. The van der Waals surface area contributed by atoms with Gasteiger partial charge in [0.2, 0.25) is 21.0 Å². The number of nitrogens with zero attached hydrogens (tertiary/aromatic N) is 6. The maximum absolute atomic E-state index is 12.5. The van der Waals surface area contributed by atoms with Crippen LogP contribution in [0.3, 0.4) is 0 Å². The minimum atomic E-state index is -3.90. The monoisotopic (exact) mass is 350 g/mol. The predicted molar refractivity (Wildman–Crippen MR) is 81.5 cm³/mol. The zero-order chi connectivity index (χ0) is 17.7. The second kappa shape index (κ2) is 7.11. The standard InChI is InChI=1S/C13H14N6O4S/c1-3-23-13(20)12(16-17-14)19-8-11(15-18-19)24(21,22)10-6-4-9(2)5-7-10/h4-8,12H,3H2,1-2H3. The molecular weight excluding hydrogens is 336 g/mol. The molecule has 1 atom stereocenters. The molecule has 10 nitrogen and oxygen atoms in total. The number of rotatable bonds is 6. The summed E-state index contributed by atoms with van der Waals surface area (Å²) >= 11 is 0. The Morgan fingerprint density at radius 2 is 2.08 bits per heavy atom. The number of hydrogen-bond donors (Lipinski definition) is 0. The molecule has 0 saturated carbocycles. The van der Waals surface area contributed by atoms with Gasteiger partial charge in [0.05, 0.1) is 17.7 Å². The highest BCUT2D eigenvalue weighted by molar-refractivity contribution is 7.91. The summed E-state index contributed by atoms with van der Waals surface area (Å²) in [4.78, 5) is 14.4. The number of benzene rings is 1. The first-order valence-electron chi connectivity index (χ1n) is 6.84. The molecule has 0 saturated heterocycles. The summed E-state index contributed by atoms with van der Waals surface area (Å²) in [6, 6.07) is 6.19. The molecule has 1 aromatic carbocycles. The zero-order valence-electron chi connectivity index (χ0n) is 12.9. The van der Waals surface area contributed by atoms with Crippen molar-refractivity contribution in [2.45, 2.75) is 29.9 Å². The highest BCUT2D eigenvalue weighted by atomic mass is 32.2. The summed E-state index contributed by atoms with van der Waals surface area (Å²) in [5, 5.41) is 10.0. The fourth-order valence-electron chi connectivity index (χ4n) is 1.82. The molecule has 0 amide bonds. The van der Waals surface area contributed by atoms with Gasteiger partial charge in [-0.25, -0.2) is 17.9 Å². The molecule has 0 aliphatic carbocycles. The summed E-state index contributed by atoms with van der Waals surface area (Å²) in [6.45, 7) is 3.48. The van der Waals surface area contributed by atoms with Crippen molar-refractivity contribution < 1.29 is 17.9 Å². The van der Waals surface area contributed by atoms with Crippen molar-refractivity contribution in [1.82, 2.24) is 15.0 Å². The fraction of sp³-hybridized carbons (Fsp3) is 0.308. The maximum atomic E-state index is 12.5. The number of ether oxygens (including phenoxy) is 1. The predicted octanol–water partition coefficient (Wildman–Crippen LogP) is 1.79. The maximum Gasteiger partial charge on any atom is 0.337 e. The van der Waals surface area contributed by atoms with Crippen LogP contribution in [0, 0.1) is 6.92 Å². The van der Waals surface area contributed by atoms with E-state index in [1.54, 1.807) is 19.1 Å². The van der Waals surface area contributed by atoms with Gasteiger partial charge in [-0.15, -0.1) is 5.10 Å². The Labute approximate surface area is 137 Å². The van der Waals surface area contributed by atoms with Crippen molar-refractivity contribution in [3.05, 3.63) is 46.5 Å². The quantitative estimate of drug-likeness (QED) is 0.337. The first-order valence-corrected chi connectivity index (χ1v) is 8.33. The molecule has 0 radical (unpaired) electrons. The summed E-state index contributed by atoms with van der Waals surface area (Å²) in [5.41, 5.74) is 9.46. The van der Waals surface area contributed by atoms with Gasteiger partial charge in [0.25, 0.3) is 0 Å². The molecule has 2 rings (SSSR count). The molecule has 11 heteroatoms. The van der Waals surface area contributed by atoms with Crippen LogP contribution in [-0.4, -0.2) is 36.0 Å². The van der Waals surface area contributed by atoms with Crippen molar-refractivity contribution in [3.8, 4) is 0 Å². The lowest BCUT2D eigenvalue weighted by atomic mass is 10.2. The van der Waals surface area contributed by atoms with E-state index in [1.165, 1.54) is 12.1 Å². The zero-order valence-corrected chi connectivity index (χ0v) is 13.7. The molecule has 126 valence electrons. The lowest BCUT2D eigenvalue weighted by molar-refractivity contribution is -0.147. The van der Waals surface area contributed by atoms with Gasteiger partial charge in [-0.1, -0.05) is 28.0 Å². The van der Waals surface area contributed by atoms with Crippen molar-refractivity contribution in [2.24, 2.45) is 5.11 Å². The van der Waals surface area contributed by atoms with Gasteiger partial charge in [-0.05, 0) is 31.5 Å². The van der Waals surface area contributed by atoms with E-state index in [-0.39, 0.29) is 16.5 Å². The van der Waals surface area contributed by atoms with Gasteiger partial charge in [-0.3, -0.25) is 0 Å². The Morgan fingerprint density at radius 3 is 2.67 bits per heavy atom. The summed E-state index contributed by atoms with van der Waals surface area (Å²) < 4.78 is 30.6.